The van der Waals surface area contributed by atoms with Crippen LogP contribution in [-0.4, -0.2) is 16.0 Å². The fourth-order valence-electron chi connectivity index (χ4n) is 1.86. The van der Waals surface area contributed by atoms with Crippen LogP contribution in [0.25, 0.3) is 11.3 Å². The average Bonchev–Trinajstić information content (AvgIpc) is 2.95. The summed E-state index contributed by atoms with van der Waals surface area (Å²) in [6, 6.07) is 12.3. The molecule has 2 aromatic heterocycles. The zero-order valence-corrected chi connectivity index (χ0v) is 12.3. The van der Waals surface area contributed by atoms with Gasteiger partial charge in [-0.25, -0.2) is 14.8 Å². The molecule has 6 nitrogen and oxygen atoms in total. The molecule has 0 radical (unpaired) electrons. The van der Waals surface area contributed by atoms with E-state index < -0.39 is 0 Å². The lowest BCUT2D eigenvalue weighted by molar-refractivity contribution is 0.262. The molecule has 0 aliphatic carbocycles. The smallest absolute Gasteiger partial charge is 0.324 e. The third-order valence-corrected chi connectivity index (χ3v) is 3.54. The number of nitrogens with one attached hydrogen (secondary N) is 2. The quantitative estimate of drug-likeness (QED) is 0.691. The SMILES string of the molecule is Nc1nc(-c2ccc(NC(=O)Nc3ccccn3)cc2)cs1. The van der Waals surface area contributed by atoms with Gasteiger partial charge in [-0.1, -0.05) is 18.2 Å². The van der Waals surface area contributed by atoms with E-state index in [-0.39, 0.29) is 6.03 Å². The summed E-state index contributed by atoms with van der Waals surface area (Å²) >= 11 is 1.40. The van der Waals surface area contributed by atoms with Crippen molar-refractivity contribution in [1.29, 1.82) is 0 Å². The number of anilines is 3. The van der Waals surface area contributed by atoms with Crippen molar-refractivity contribution in [2.75, 3.05) is 16.4 Å². The number of rotatable bonds is 3. The maximum Gasteiger partial charge on any atom is 0.324 e. The molecule has 0 bridgehead atoms. The molecule has 0 aliphatic rings. The number of thiazole rings is 1. The highest BCUT2D eigenvalue weighted by Gasteiger charge is 2.05. The predicted octanol–water partition coefficient (Wildman–Crippen LogP) is 3.43. The van der Waals surface area contributed by atoms with Gasteiger partial charge in [0.2, 0.25) is 0 Å². The minimum atomic E-state index is -0.343. The zero-order valence-electron chi connectivity index (χ0n) is 11.5. The van der Waals surface area contributed by atoms with E-state index in [4.69, 9.17) is 5.73 Å². The van der Waals surface area contributed by atoms with Crippen LogP contribution >= 0.6 is 11.3 Å². The molecular weight excluding hydrogens is 298 g/mol. The summed E-state index contributed by atoms with van der Waals surface area (Å²) in [5.41, 5.74) is 8.08. The lowest BCUT2D eigenvalue weighted by Crippen LogP contribution is -2.19. The van der Waals surface area contributed by atoms with E-state index in [0.717, 1.165) is 11.3 Å². The minimum absolute atomic E-state index is 0.343. The molecule has 0 unspecified atom stereocenters. The number of carbonyl (C=O) groups excluding carboxylic acids is 1. The monoisotopic (exact) mass is 311 g/mol. The summed E-state index contributed by atoms with van der Waals surface area (Å²) in [4.78, 5) is 20.1. The van der Waals surface area contributed by atoms with Gasteiger partial charge in [-0.2, -0.15) is 0 Å². The molecular formula is C15H13N5OS. The fourth-order valence-corrected chi connectivity index (χ4v) is 2.43. The standard InChI is InChI=1S/C15H13N5OS/c16-14-19-12(9-22-14)10-4-6-11(7-5-10)18-15(21)20-13-3-1-2-8-17-13/h1-9H,(H2,16,19)(H2,17,18,20,21). The Bertz CT molecular complexity index is 770. The lowest BCUT2D eigenvalue weighted by Gasteiger charge is -2.07. The van der Waals surface area contributed by atoms with Gasteiger partial charge in [-0.05, 0) is 24.3 Å². The van der Waals surface area contributed by atoms with E-state index in [1.165, 1.54) is 11.3 Å². The van der Waals surface area contributed by atoms with Gasteiger partial charge in [0.25, 0.3) is 0 Å². The van der Waals surface area contributed by atoms with Crippen molar-refractivity contribution in [2.24, 2.45) is 0 Å². The normalized spacial score (nSPS) is 10.2. The highest BCUT2D eigenvalue weighted by molar-refractivity contribution is 7.13. The summed E-state index contributed by atoms with van der Waals surface area (Å²) in [5, 5.41) is 7.82. The Morgan fingerprint density at radius 1 is 1.09 bits per heavy atom. The second kappa shape index (κ2) is 6.23. The average molecular weight is 311 g/mol. The van der Waals surface area contributed by atoms with E-state index in [1.807, 2.05) is 29.6 Å². The van der Waals surface area contributed by atoms with E-state index in [2.05, 4.69) is 20.6 Å². The Morgan fingerprint density at radius 2 is 1.91 bits per heavy atom. The molecule has 22 heavy (non-hydrogen) atoms. The molecule has 0 aliphatic heterocycles. The summed E-state index contributed by atoms with van der Waals surface area (Å²) in [6.07, 6.45) is 1.62. The second-order valence-corrected chi connectivity index (χ2v) is 5.33. The molecule has 0 spiro atoms. The molecule has 1 aromatic carbocycles. The number of benzene rings is 1. The van der Waals surface area contributed by atoms with Crippen molar-refractivity contribution in [3.8, 4) is 11.3 Å². The molecule has 2 amide bonds. The highest BCUT2D eigenvalue weighted by Crippen LogP contribution is 2.24. The van der Waals surface area contributed by atoms with Crippen molar-refractivity contribution < 1.29 is 4.79 Å². The summed E-state index contributed by atoms with van der Waals surface area (Å²) in [6.45, 7) is 0. The summed E-state index contributed by atoms with van der Waals surface area (Å²) in [7, 11) is 0. The fraction of sp³-hybridized carbons (Fsp3) is 0. The first-order valence-corrected chi connectivity index (χ1v) is 7.39. The van der Waals surface area contributed by atoms with Gasteiger partial charge in [-0.15, -0.1) is 11.3 Å². The van der Waals surface area contributed by atoms with Gasteiger partial charge >= 0.3 is 6.03 Å². The molecule has 0 atom stereocenters. The number of nitrogens with two attached hydrogens (primary N) is 1. The highest BCUT2D eigenvalue weighted by atomic mass is 32.1. The molecule has 3 aromatic rings. The Morgan fingerprint density at radius 3 is 2.55 bits per heavy atom. The van der Waals surface area contributed by atoms with E-state index in [9.17, 15) is 4.79 Å². The van der Waals surface area contributed by atoms with Gasteiger partial charge in [0, 0.05) is 22.8 Å². The van der Waals surface area contributed by atoms with Gasteiger partial charge in [0.1, 0.15) is 5.82 Å². The van der Waals surface area contributed by atoms with Crippen LogP contribution in [0.4, 0.5) is 21.4 Å². The Balaban J connectivity index is 1.65. The van der Waals surface area contributed by atoms with Crippen molar-refractivity contribution in [2.45, 2.75) is 0 Å². The Labute approximate surface area is 131 Å². The molecule has 0 fully saturated rings. The molecule has 2 heterocycles. The van der Waals surface area contributed by atoms with Crippen LogP contribution in [-0.2, 0) is 0 Å². The number of pyridine rings is 1. The molecule has 4 N–H and O–H groups in total. The number of nitrogen functional groups attached to an aromatic ring is 1. The summed E-state index contributed by atoms with van der Waals surface area (Å²) < 4.78 is 0. The van der Waals surface area contributed by atoms with Crippen LogP contribution in [0.1, 0.15) is 0 Å². The van der Waals surface area contributed by atoms with Crippen LogP contribution in [0.2, 0.25) is 0 Å². The largest absolute Gasteiger partial charge is 0.375 e. The second-order valence-electron chi connectivity index (χ2n) is 4.44. The van der Waals surface area contributed by atoms with Gasteiger partial charge in [-0.3, -0.25) is 5.32 Å². The molecule has 0 saturated carbocycles. The molecule has 3 rings (SSSR count). The zero-order chi connectivity index (χ0) is 15.4. The maximum atomic E-state index is 11.9. The first-order chi connectivity index (χ1) is 10.7. The van der Waals surface area contributed by atoms with Gasteiger partial charge in [0.05, 0.1) is 5.69 Å². The topological polar surface area (TPSA) is 92.9 Å². The minimum Gasteiger partial charge on any atom is -0.375 e. The Hall–Kier alpha value is -2.93. The Kier molecular flexibility index (Phi) is 3.97. The van der Waals surface area contributed by atoms with Gasteiger partial charge in [0.15, 0.2) is 5.13 Å². The van der Waals surface area contributed by atoms with Crippen molar-refractivity contribution in [1.82, 2.24) is 9.97 Å². The number of nitrogens with zero attached hydrogens (tertiary/aromatic N) is 2. The number of amides is 2. The predicted molar refractivity (Wildman–Crippen MR) is 88.8 cm³/mol. The van der Waals surface area contributed by atoms with Crippen LogP contribution in [0.5, 0.6) is 0 Å². The number of carbonyl (C=O) groups is 1. The van der Waals surface area contributed by atoms with Crippen LogP contribution < -0.4 is 16.4 Å². The van der Waals surface area contributed by atoms with Crippen LogP contribution in [0, 0.1) is 0 Å². The number of hydrogen-bond acceptors (Lipinski definition) is 5. The van der Waals surface area contributed by atoms with E-state index in [1.54, 1.807) is 24.4 Å². The molecule has 110 valence electrons. The van der Waals surface area contributed by atoms with Crippen LogP contribution in [0.15, 0.2) is 54.0 Å². The molecule has 0 saturated heterocycles. The number of urea groups is 1. The number of hydrogen-bond donors (Lipinski definition) is 3. The van der Waals surface area contributed by atoms with E-state index in [0.29, 0.717) is 16.6 Å². The summed E-state index contributed by atoms with van der Waals surface area (Å²) in [5.74, 6) is 0.495. The van der Waals surface area contributed by atoms with E-state index >= 15 is 0 Å². The number of aromatic nitrogens is 2. The first kappa shape index (κ1) is 14.0. The van der Waals surface area contributed by atoms with Crippen molar-refractivity contribution in [3.05, 3.63) is 54.0 Å². The van der Waals surface area contributed by atoms with Gasteiger partial charge < -0.3 is 11.1 Å². The van der Waals surface area contributed by atoms with Crippen LogP contribution in [0.3, 0.4) is 0 Å². The third kappa shape index (κ3) is 3.39. The third-order valence-electron chi connectivity index (χ3n) is 2.87. The first-order valence-electron chi connectivity index (χ1n) is 6.51. The molecule has 7 heteroatoms. The maximum absolute atomic E-state index is 11.9. The van der Waals surface area contributed by atoms with Crippen molar-refractivity contribution in [3.63, 3.8) is 0 Å². The van der Waals surface area contributed by atoms with Crippen molar-refractivity contribution >= 4 is 34.0 Å². The lowest BCUT2D eigenvalue weighted by atomic mass is 10.1.